The van der Waals surface area contributed by atoms with Gasteiger partial charge in [-0.05, 0) is 12.5 Å². The number of aryl methyl sites for hydroxylation is 1. The molecule has 15 heavy (non-hydrogen) atoms. The second-order valence-electron chi connectivity index (χ2n) is 3.39. The summed E-state index contributed by atoms with van der Waals surface area (Å²) in [6.45, 7) is 3.42. The average molecular weight is 229 g/mol. The highest BCUT2D eigenvalue weighted by molar-refractivity contribution is 6.17. The molecule has 0 atom stereocenters. The molecule has 1 aromatic rings. The Hall–Kier alpha value is -0.730. The summed E-state index contributed by atoms with van der Waals surface area (Å²) in [6.07, 6.45) is 0.895. The van der Waals surface area contributed by atoms with Crippen LogP contribution in [0.5, 0.6) is 5.75 Å². The van der Waals surface area contributed by atoms with Gasteiger partial charge in [-0.25, -0.2) is 0 Å². The minimum atomic E-state index is 0.487. The van der Waals surface area contributed by atoms with Crippen LogP contribution in [0.2, 0.25) is 0 Å². The maximum absolute atomic E-state index is 5.84. The van der Waals surface area contributed by atoms with Gasteiger partial charge in [-0.2, -0.15) is 0 Å². The minimum Gasteiger partial charge on any atom is -0.493 e. The van der Waals surface area contributed by atoms with E-state index in [4.69, 9.17) is 21.1 Å². The summed E-state index contributed by atoms with van der Waals surface area (Å²) < 4.78 is 10.7. The van der Waals surface area contributed by atoms with Crippen LogP contribution in [0.15, 0.2) is 18.2 Å². The lowest BCUT2D eigenvalue weighted by Gasteiger charge is -2.12. The van der Waals surface area contributed by atoms with Gasteiger partial charge in [0.2, 0.25) is 0 Å². The molecule has 0 heterocycles. The molecular weight excluding hydrogens is 212 g/mol. The average Bonchev–Trinajstić information content (AvgIpc) is 2.26. The lowest BCUT2D eigenvalue weighted by molar-refractivity contribution is 0.171. The van der Waals surface area contributed by atoms with Crippen LogP contribution < -0.4 is 4.74 Å². The van der Waals surface area contributed by atoms with E-state index in [1.165, 1.54) is 0 Å². The molecule has 0 N–H and O–H groups in total. The fourth-order valence-corrected chi connectivity index (χ4v) is 1.61. The Morgan fingerprint density at radius 1 is 1.27 bits per heavy atom. The van der Waals surface area contributed by atoms with Gasteiger partial charge in [0.05, 0.1) is 12.5 Å². The topological polar surface area (TPSA) is 18.5 Å². The molecule has 0 radical (unpaired) electrons. The van der Waals surface area contributed by atoms with E-state index < -0.39 is 0 Å². The predicted molar refractivity (Wildman–Crippen MR) is 62.7 cm³/mol. The number of ether oxygens (including phenoxy) is 2. The number of hydrogen-bond donors (Lipinski definition) is 0. The van der Waals surface area contributed by atoms with Crippen molar-refractivity contribution in [2.75, 3.05) is 20.3 Å². The lowest BCUT2D eigenvalue weighted by atomic mass is 10.1. The first-order valence-electron chi connectivity index (χ1n) is 5.05. The molecule has 0 unspecified atom stereocenters. The quantitative estimate of drug-likeness (QED) is 0.550. The molecule has 3 heteroatoms. The van der Waals surface area contributed by atoms with Gasteiger partial charge in [-0.15, -0.1) is 11.6 Å². The van der Waals surface area contributed by atoms with Gasteiger partial charge in [0.25, 0.3) is 0 Å². The number of methoxy groups -OCH3 is 1. The molecule has 0 bridgehead atoms. The minimum absolute atomic E-state index is 0.487. The molecule has 1 aromatic carbocycles. The summed E-state index contributed by atoms with van der Waals surface area (Å²) in [5, 5.41) is 0. The van der Waals surface area contributed by atoms with Crippen LogP contribution in [0.25, 0.3) is 0 Å². The molecule has 2 nitrogen and oxygen atoms in total. The van der Waals surface area contributed by atoms with E-state index in [0.717, 1.165) is 29.9 Å². The Labute approximate surface area is 96.2 Å². The standard InChI is InChI=1S/C12H17ClO2/c1-10-5-3-6-11(9-13)12(10)15-8-4-7-14-2/h3,5-6H,4,7-9H2,1-2H3. The molecule has 0 amide bonds. The van der Waals surface area contributed by atoms with Crippen molar-refractivity contribution in [3.63, 3.8) is 0 Å². The fourth-order valence-electron chi connectivity index (χ4n) is 1.40. The van der Waals surface area contributed by atoms with E-state index in [2.05, 4.69) is 0 Å². The normalized spacial score (nSPS) is 10.3. The molecule has 0 aromatic heterocycles. The van der Waals surface area contributed by atoms with E-state index in [0.29, 0.717) is 12.5 Å². The van der Waals surface area contributed by atoms with Gasteiger partial charge in [-0.1, -0.05) is 18.2 Å². The SMILES string of the molecule is COCCCOc1c(C)cccc1CCl. The summed E-state index contributed by atoms with van der Waals surface area (Å²) in [6, 6.07) is 6.02. The zero-order valence-corrected chi connectivity index (χ0v) is 10.0. The fraction of sp³-hybridized carbons (Fsp3) is 0.500. The number of halogens is 1. The Morgan fingerprint density at radius 2 is 2.07 bits per heavy atom. The van der Waals surface area contributed by atoms with Gasteiger partial charge in [0.1, 0.15) is 5.75 Å². The van der Waals surface area contributed by atoms with Crippen molar-refractivity contribution in [2.45, 2.75) is 19.2 Å². The van der Waals surface area contributed by atoms with Crippen molar-refractivity contribution in [1.82, 2.24) is 0 Å². The van der Waals surface area contributed by atoms with Crippen molar-refractivity contribution in [3.8, 4) is 5.75 Å². The molecule has 0 spiro atoms. The van der Waals surface area contributed by atoms with Crippen LogP contribution >= 0.6 is 11.6 Å². The van der Waals surface area contributed by atoms with E-state index in [1.54, 1.807) is 7.11 Å². The summed E-state index contributed by atoms with van der Waals surface area (Å²) >= 11 is 5.84. The lowest BCUT2D eigenvalue weighted by Crippen LogP contribution is -2.04. The Bertz CT molecular complexity index is 300. The van der Waals surface area contributed by atoms with Gasteiger partial charge < -0.3 is 9.47 Å². The third-order valence-electron chi connectivity index (χ3n) is 2.18. The van der Waals surface area contributed by atoms with Crippen molar-refractivity contribution >= 4 is 11.6 Å². The van der Waals surface area contributed by atoms with E-state index >= 15 is 0 Å². The second kappa shape index (κ2) is 6.70. The van der Waals surface area contributed by atoms with Gasteiger partial charge in [-0.3, -0.25) is 0 Å². The highest BCUT2D eigenvalue weighted by Gasteiger charge is 2.05. The number of rotatable bonds is 6. The van der Waals surface area contributed by atoms with Gasteiger partial charge in [0.15, 0.2) is 0 Å². The Morgan fingerprint density at radius 3 is 2.73 bits per heavy atom. The van der Waals surface area contributed by atoms with Crippen molar-refractivity contribution in [3.05, 3.63) is 29.3 Å². The van der Waals surface area contributed by atoms with Crippen LogP contribution in [-0.4, -0.2) is 20.3 Å². The summed E-state index contributed by atoms with van der Waals surface area (Å²) in [5.41, 5.74) is 2.18. The molecular formula is C12H17ClO2. The maximum Gasteiger partial charge on any atom is 0.126 e. The second-order valence-corrected chi connectivity index (χ2v) is 3.66. The van der Waals surface area contributed by atoms with Crippen LogP contribution in [-0.2, 0) is 10.6 Å². The first-order valence-corrected chi connectivity index (χ1v) is 5.59. The highest BCUT2D eigenvalue weighted by Crippen LogP contribution is 2.24. The Kier molecular flexibility index (Phi) is 5.51. The smallest absolute Gasteiger partial charge is 0.126 e. The molecule has 84 valence electrons. The number of para-hydroxylation sites is 1. The first-order chi connectivity index (χ1) is 7.29. The maximum atomic E-state index is 5.84. The molecule has 0 saturated carbocycles. The largest absolute Gasteiger partial charge is 0.493 e. The molecule has 0 aliphatic rings. The van der Waals surface area contributed by atoms with Crippen LogP contribution in [0, 0.1) is 6.92 Å². The number of benzene rings is 1. The molecule has 1 rings (SSSR count). The first kappa shape index (κ1) is 12.3. The van der Waals surface area contributed by atoms with Crippen molar-refractivity contribution < 1.29 is 9.47 Å². The van der Waals surface area contributed by atoms with Crippen LogP contribution in [0.3, 0.4) is 0 Å². The van der Waals surface area contributed by atoms with Crippen LogP contribution in [0.4, 0.5) is 0 Å². The molecule has 0 aliphatic carbocycles. The summed E-state index contributed by atoms with van der Waals surface area (Å²) in [5.74, 6) is 1.41. The molecule has 0 saturated heterocycles. The molecule has 0 aliphatic heterocycles. The molecule has 0 fully saturated rings. The third kappa shape index (κ3) is 3.73. The van der Waals surface area contributed by atoms with E-state index in [9.17, 15) is 0 Å². The predicted octanol–water partition coefficient (Wildman–Crippen LogP) is 3.15. The monoisotopic (exact) mass is 228 g/mol. The van der Waals surface area contributed by atoms with E-state index in [1.807, 2.05) is 25.1 Å². The number of hydrogen-bond acceptors (Lipinski definition) is 2. The van der Waals surface area contributed by atoms with Gasteiger partial charge >= 0.3 is 0 Å². The number of alkyl halides is 1. The zero-order valence-electron chi connectivity index (χ0n) is 9.25. The van der Waals surface area contributed by atoms with Crippen LogP contribution in [0.1, 0.15) is 17.5 Å². The van der Waals surface area contributed by atoms with Gasteiger partial charge in [0, 0.05) is 25.7 Å². The summed E-state index contributed by atoms with van der Waals surface area (Å²) in [4.78, 5) is 0. The zero-order chi connectivity index (χ0) is 11.1. The third-order valence-corrected chi connectivity index (χ3v) is 2.46. The van der Waals surface area contributed by atoms with Crippen molar-refractivity contribution in [1.29, 1.82) is 0 Å². The van der Waals surface area contributed by atoms with E-state index in [-0.39, 0.29) is 0 Å². The van der Waals surface area contributed by atoms with Crippen molar-refractivity contribution in [2.24, 2.45) is 0 Å². The summed E-state index contributed by atoms with van der Waals surface area (Å²) in [7, 11) is 1.69. The Balaban J connectivity index is 2.58. The highest BCUT2D eigenvalue weighted by atomic mass is 35.5.